The lowest BCUT2D eigenvalue weighted by atomic mass is 10.2. The minimum absolute atomic E-state index is 1.17. The van der Waals surface area contributed by atoms with E-state index in [1.54, 1.807) is 0 Å². The van der Waals surface area contributed by atoms with Crippen LogP contribution in [0.1, 0.15) is 0 Å². The van der Waals surface area contributed by atoms with Crippen molar-refractivity contribution in [3.05, 3.63) is 0 Å². The molecule has 0 aliphatic rings. The van der Waals surface area contributed by atoms with Crippen molar-refractivity contribution in [2.45, 2.75) is 29.1 Å². The van der Waals surface area contributed by atoms with Gasteiger partial charge in [-0.3, -0.25) is 0 Å². The SMILES string of the molecule is ClC(Cl)C(Cl)(Cl)C(Cl)C(Cl)C(Cl)(Cl)C(Cl)Cl. The normalized spacial score (nSPS) is 18.0. The molecule has 0 aliphatic carbocycles. The van der Waals surface area contributed by atoms with Gasteiger partial charge in [-0.1, -0.05) is 46.4 Å². The molecule has 0 aromatic carbocycles. The lowest BCUT2D eigenvalue weighted by molar-refractivity contribution is 0.645. The zero-order valence-corrected chi connectivity index (χ0v) is 14.6. The summed E-state index contributed by atoms with van der Waals surface area (Å²) in [6, 6.07) is 0. The fourth-order valence-corrected chi connectivity index (χ4v) is 2.84. The maximum absolute atomic E-state index is 5.90. The fourth-order valence-electron chi connectivity index (χ4n) is 0.631. The molecule has 0 saturated heterocycles. The van der Waals surface area contributed by atoms with Crippen LogP contribution in [0.4, 0.5) is 0 Å². The Labute approximate surface area is 144 Å². The van der Waals surface area contributed by atoms with Gasteiger partial charge in [0.2, 0.25) is 0 Å². The summed E-state index contributed by atoms with van der Waals surface area (Å²) in [4.78, 5) is -2.40. The zero-order valence-electron chi connectivity index (χ0n) is 7.09. The smallest absolute Gasteiger partial charge is 0.118 e. The highest BCUT2D eigenvalue weighted by Crippen LogP contribution is 2.48. The fraction of sp³-hybridized carbons (Fsp3) is 1.00. The average molecular weight is 431 g/mol. The summed E-state index contributed by atoms with van der Waals surface area (Å²) in [7, 11) is 0. The molecule has 98 valence electrons. The van der Waals surface area contributed by atoms with Crippen LogP contribution in [0.2, 0.25) is 0 Å². The van der Waals surface area contributed by atoms with E-state index in [1.165, 1.54) is 0 Å². The van der Waals surface area contributed by atoms with Gasteiger partial charge >= 0.3 is 0 Å². The van der Waals surface area contributed by atoms with Gasteiger partial charge in [0, 0.05) is 0 Å². The lowest BCUT2D eigenvalue weighted by Crippen LogP contribution is -2.48. The van der Waals surface area contributed by atoms with Gasteiger partial charge < -0.3 is 0 Å². The predicted octanol–water partition coefficient (Wildman–Crippen LogP) is 6.16. The Balaban J connectivity index is 4.94. The van der Waals surface area contributed by atoms with E-state index in [2.05, 4.69) is 0 Å². The first kappa shape index (κ1) is 18.9. The van der Waals surface area contributed by atoms with Crippen LogP contribution in [0.15, 0.2) is 0 Å². The van der Waals surface area contributed by atoms with Gasteiger partial charge in [0.1, 0.15) is 9.67 Å². The second-order valence-electron chi connectivity index (χ2n) is 2.75. The van der Waals surface area contributed by atoms with Crippen LogP contribution < -0.4 is 0 Å². The molecular formula is C6H4Cl10. The molecule has 2 atom stereocenters. The van der Waals surface area contributed by atoms with E-state index in [-0.39, 0.29) is 0 Å². The minimum atomic E-state index is -1.76. The van der Waals surface area contributed by atoms with Crippen LogP contribution in [0.3, 0.4) is 0 Å². The first-order chi connectivity index (χ1) is 6.95. The van der Waals surface area contributed by atoms with Gasteiger partial charge in [-0.25, -0.2) is 0 Å². The molecule has 0 spiro atoms. The van der Waals surface area contributed by atoms with E-state index in [0.29, 0.717) is 0 Å². The van der Waals surface area contributed by atoms with Crippen molar-refractivity contribution in [1.29, 1.82) is 0 Å². The molecule has 0 heterocycles. The number of hydrogen-bond donors (Lipinski definition) is 0. The van der Waals surface area contributed by atoms with Gasteiger partial charge in [-0.05, 0) is 0 Å². The first-order valence-electron chi connectivity index (χ1n) is 3.55. The molecule has 0 N–H and O–H groups in total. The number of alkyl halides is 10. The summed E-state index contributed by atoms with van der Waals surface area (Å²) in [5.41, 5.74) is 0. The summed E-state index contributed by atoms with van der Waals surface area (Å²) < 4.78 is -3.51. The van der Waals surface area contributed by atoms with Crippen molar-refractivity contribution in [2.24, 2.45) is 0 Å². The molecular weight excluding hydrogens is 427 g/mol. The summed E-state index contributed by atoms with van der Waals surface area (Å²) in [5, 5.41) is -2.35. The molecule has 16 heavy (non-hydrogen) atoms. The highest BCUT2D eigenvalue weighted by atomic mass is 35.6. The maximum Gasteiger partial charge on any atom is 0.165 e. The summed E-state index contributed by atoms with van der Waals surface area (Å²) in [6.45, 7) is 0. The van der Waals surface area contributed by atoms with E-state index in [4.69, 9.17) is 116 Å². The molecule has 0 aliphatic heterocycles. The molecule has 0 amide bonds. The molecule has 0 saturated carbocycles. The first-order valence-corrected chi connectivity index (χ1v) is 7.68. The quantitative estimate of drug-likeness (QED) is 0.459. The van der Waals surface area contributed by atoms with Crippen molar-refractivity contribution in [3.8, 4) is 0 Å². The van der Waals surface area contributed by atoms with Gasteiger partial charge in [0.05, 0.1) is 10.8 Å². The summed E-state index contributed by atoms with van der Waals surface area (Å²) in [5.74, 6) is 0. The van der Waals surface area contributed by atoms with E-state index in [1.807, 2.05) is 0 Å². The molecule has 0 aromatic heterocycles. The highest BCUT2D eigenvalue weighted by Gasteiger charge is 2.52. The van der Waals surface area contributed by atoms with Crippen LogP contribution in [0.25, 0.3) is 0 Å². The second-order valence-corrected chi connectivity index (χ2v) is 8.78. The van der Waals surface area contributed by atoms with E-state index in [9.17, 15) is 0 Å². The Morgan fingerprint density at radius 3 is 0.812 bits per heavy atom. The van der Waals surface area contributed by atoms with Gasteiger partial charge in [0.15, 0.2) is 8.67 Å². The van der Waals surface area contributed by atoms with Crippen LogP contribution >= 0.6 is 116 Å². The average Bonchev–Trinajstić information content (AvgIpc) is 2.14. The largest absolute Gasteiger partial charge is 0.165 e. The standard InChI is InChI=1S/C6H4Cl10/c7-1(5(13,14)3(9)10)2(8)6(15,16)4(11)12/h1-4H. The van der Waals surface area contributed by atoms with E-state index < -0.39 is 29.1 Å². The van der Waals surface area contributed by atoms with E-state index in [0.717, 1.165) is 0 Å². The third-order valence-electron chi connectivity index (χ3n) is 1.57. The minimum Gasteiger partial charge on any atom is -0.118 e. The van der Waals surface area contributed by atoms with Gasteiger partial charge in [-0.2, -0.15) is 0 Å². The number of halogens is 10. The van der Waals surface area contributed by atoms with Crippen LogP contribution in [0, 0.1) is 0 Å². The number of rotatable bonds is 5. The van der Waals surface area contributed by atoms with Crippen LogP contribution in [-0.2, 0) is 0 Å². The van der Waals surface area contributed by atoms with Gasteiger partial charge in [-0.15, -0.1) is 69.6 Å². The molecule has 0 nitrogen and oxygen atoms in total. The van der Waals surface area contributed by atoms with Crippen molar-refractivity contribution in [3.63, 3.8) is 0 Å². The topological polar surface area (TPSA) is 0 Å². The summed E-state index contributed by atoms with van der Waals surface area (Å²) in [6.07, 6.45) is 0. The number of hydrogen-bond acceptors (Lipinski definition) is 0. The Morgan fingerprint density at radius 2 is 0.688 bits per heavy atom. The second kappa shape index (κ2) is 7.07. The van der Waals surface area contributed by atoms with E-state index >= 15 is 0 Å². The zero-order chi connectivity index (χ0) is 13.3. The highest BCUT2D eigenvalue weighted by molar-refractivity contribution is 6.65. The molecule has 2 unspecified atom stereocenters. The monoisotopic (exact) mass is 426 g/mol. The van der Waals surface area contributed by atoms with Gasteiger partial charge in [0.25, 0.3) is 0 Å². The Morgan fingerprint density at radius 1 is 0.500 bits per heavy atom. The Hall–Kier alpha value is 2.90. The molecule has 10 heteroatoms. The molecule has 0 radical (unpaired) electrons. The molecule has 0 fully saturated rings. The predicted molar refractivity (Wildman–Crippen MR) is 79.1 cm³/mol. The molecule has 0 rings (SSSR count). The third-order valence-corrected chi connectivity index (χ3v) is 7.43. The molecule has 0 aromatic rings. The van der Waals surface area contributed by atoms with Crippen molar-refractivity contribution in [2.75, 3.05) is 0 Å². The van der Waals surface area contributed by atoms with Crippen molar-refractivity contribution in [1.82, 2.24) is 0 Å². The lowest BCUT2D eigenvalue weighted by Gasteiger charge is -2.35. The molecule has 0 bridgehead atoms. The van der Waals surface area contributed by atoms with Crippen molar-refractivity contribution < 1.29 is 0 Å². The van der Waals surface area contributed by atoms with Crippen LogP contribution in [0.5, 0.6) is 0 Å². The Kier molecular flexibility index (Phi) is 8.35. The van der Waals surface area contributed by atoms with Crippen molar-refractivity contribution >= 4 is 116 Å². The third kappa shape index (κ3) is 4.47. The maximum atomic E-state index is 5.90. The Bertz CT molecular complexity index is 199. The van der Waals surface area contributed by atoms with Crippen LogP contribution in [-0.4, -0.2) is 29.1 Å². The summed E-state index contributed by atoms with van der Waals surface area (Å²) >= 11 is 57.2.